The van der Waals surface area contributed by atoms with Gasteiger partial charge in [-0.3, -0.25) is 9.59 Å². The Bertz CT molecular complexity index is 1020. The Hall–Kier alpha value is -1.36. The van der Waals surface area contributed by atoms with Crippen molar-refractivity contribution in [2.45, 2.75) is 119 Å². The van der Waals surface area contributed by atoms with Gasteiger partial charge in [0.25, 0.3) is 0 Å². The predicted molar refractivity (Wildman–Crippen MR) is 144 cm³/mol. The fourth-order valence-corrected chi connectivity index (χ4v) is 11.3. The zero-order valence-corrected chi connectivity index (χ0v) is 24.4. The summed E-state index contributed by atoms with van der Waals surface area (Å²) in [6.45, 7) is 17.6. The molecule has 0 aromatic rings. The molecule has 2 unspecified atom stereocenters. The molecule has 0 bridgehead atoms. The molecular weight excluding hydrogens is 464 g/mol. The summed E-state index contributed by atoms with van der Waals surface area (Å²) in [5.74, 6) is 0.292. The summed E-state index contributed by atoms with van der Waals surface area (Å²) in [6.07, 6.45) is 8.93. The molecule has 4 saturated carbocycles. The SMILES string of the molecule is CC(=O)O[C@@H]1CC[C@@]2(C)C(CC[C@]3(C)C2[C@H](O)C=C2[C@H]4[C@@H](C)[C@H](C)CC[C@]4(C)CC[C@]23C)[C@@]1(C)C(=O)O. The number of carbonyl (C=O) groups excluding carboxylic acids is 1. The molecule has 0 spiro atoms. The Morgan fingerprint density at radius 2 is 1.62 bits per heavy atom. The van der Waals surface area contributed by atoms with Crippen LogP contribution in [0.2, 0.25) is 0 Å². The molecule has 37 heavy (non-hydrogen) atoms. The highest BCUT2D eigenvalue weighted by atomic mass is 16.5. The molecule has 5 rings (SSSR count). The molecule has 0 amide bonds. The van der Waals surface area contributed by atoms with Crippen molar-refractivity contribution in [3.8, 4) is 0 Å². The van der Waals surface area contributed by atoms with E-state index in [1.54, 1.807) is 6.92 Å². The van der Waals surface area contributed by atoms with Crippen molar-refractivity contribution in [2.24, 2.45) is 56.7 Å². The first-order chi connectivity index (χ1) is 17.1. The van der Waals surface area contributed by atoms with E-state index < -0.39 is 29.6 Å². The number of carboxylic acids is 1. The Morgan fingerprint density at radius 1 is 0.946 bits per heavy atom. The number of aliphatic hydroxyl groups is 1. The van der Waals surface area contributed by atoms with E-state index in [1.807, 2.05) is 0 Å². The third-order valence-corrected chi connectivity index (χ3v) is 13.7. The van der Waals surface area contributed by atoms with Crippen molar-refractivity contribution in [2.75, 3.05) is 0 Å². The fourth-order valence-electron chi connectivity index (χ4n) is 11.3. The summed E-state index contributed by atoms with van der Waals surface area (Å²) in [6, 6.07) is 0. The van der Waals surface area contributed by atoms with Crippen LogP contribution in [0.3, 0.4) is 0 Å². The highest BCUT2D eigenvalue weighted by Gasteiger charge is 2.72. The number of aliphatic carboxylic acids is 1. The van der Waals surface area contributed by atoms with Gasteiger partial charge in [0.15, 0.2) is 0 Å². The van der Waals surface area contributed by atoms with Crippen LogP contribution in [0.5, 0.6) is 0 Å². The minimum absolute atomic E-state index is 0.00721. The van der Waals surface area contributed by atoms with Crippen LogP contribution in [0.4, 0.5) is 0 Å². The minimum atomic E-state index is -1.16. The van der Waals surface area contributed by atoms with Crippen molar-refractivity contribution < 1.29 is 24.5 Å². The molecule has 0 saturated heterocycles. The second-order valence-corrected chi connectivity index (χ2v) is 15.2. The van der Waals surface area contributed by atoms with E-state index >= 15 is 0 Å². The standard InChI is InChI=1S/C32H50O5/c1-18-9-12-28(4)15-16-30(6)21(25(28)19(18)2)17-22(34)26-29(5)13-11-24(37-20(3)33)32(8,27(35)36)23(29)10-14-31(26,30)7/h17-19,22-26,34H,9-16H2,1-8H3,(H,35,36)/t18-,19+,22-,23?,24-,25-,26?,28-,29+,30-,31-,32-/m1/s1. The monoisotopic (exact) mass is 514 g/mol. The van der Waals surface area contributed by atoms with Crippen molar-refractivity contribution in [1.29, 1.82) is 0 Å². The van der Waals surface area contributed by atoms with Crippen LogP contribution < -0.4 is 0 Å². The molecule has 0 aliphatic heterocycles. The summed E-state index contributed by atoms with van der Waals surface area (Å²) < 4.78 is 5.65. The Balaban J connectivity index is 1.61. The van der Waals surface area contributed by atoms with Gasteiger partial charge in [-0.2, -0.15) is 0 Å². The lowest BCUT2D eigenvalue weighted by Crippen LogP contribution is -2.69. The molecule has 5 aliphatic carbocycles. The third-order valence-electron chi connectivity index (χ3n) is 13.7. The van der Waals surface area contributed by atoms with Crippen molar-refractivity contribution in [3.63, 3.8) is 0 Å². The van der Waals surface area contributed by atoms with Crippen LogP contribution in [0.25, 0.3) is 0 Å². The van der Waals surface area contributed by atoms with E-state index in [0.717, 1.165) is 25.7 Å². The summed E-state index contributed by atoms with van der Waals surface area (Å²) in [5, 5.41) is 22.6. The number of aliphatic hydroxyl groups excluding tert-OH is 1. The zero-order chi connectivity index (χ0) is 27.3. The van der Waals surface area contributed by atoms with E-state index in [0.29, 0.717) is 29.6 Å². The minimum Gasteiger partial charge on any atom is -0.481 e. The first-order valence-electron chi connectivity index (χ1n) is 14.9. The molecule has 4 fully saturated rings. The number of ether oxygens (including phenoxy) is 1. The Labute approximate surface area is 223 Å². The maximum absolute atomic E-state index is 12.9. The molecule has 5 nitrogen and oxygen atoms in total. The third kappa shape index (κ3) is 3.37. The molecule has 208 valence electrons. The van der Waals surface area contributed by atoms with Gasteiger partial charge in [-0.15, -0.1) is 0 Å². The van der Waals surface area contributed by atoms with Gasteiger partial charge >= 0.3 is 11.9 Å². The quantitative estimate of drug-likeness (QED) is 0.319. The van der Waals surface area contributed by atoms with Gasteiger partial charge in [0.05, 0.1) is 6.10 Å². The second-order valence-electron chi connectivity index (χ2n) is 15.2. The Morgan fingerprint density at radius 3 is 2.24 bits per heavy atom. The van der Waals surface area contributed by atoms with Crippen LogP contribution >= 0.6 is 0 Å². The normalized spacial score (nSPS) is 55.1. The predicted octanol–water partition coefficient (Wildman–Crippen LogP) is 6.63. The maximum Gasteiger partial charge on any atom is 0.313 e. The number of esters is 1. The highest BCUT2D eigenvalue weighted by Crippen LogP contribution is 2.75. The molecular formula is C32H50O5. The van der Waals surface area contributed by atoms with Gasteiger partial charge in [-0.05, 0) is 104 Å². The lowest BCUT2D eigenvalue weighted by atomic mass is 9.33. The van der Waals surface area contributed by atoms with Crippen LogP contribution in [0, 0.1) is 56.7 Å². The van der Waals surface area contributed by atoms with Gasteiger partial charge in [0.1, 0.15) is 11.5 Å². The smallest absolute Gasteiger partial charge is 0.313 e. The van der Waals surface area contributed by atoms with Crippen molar-refractivity contribution in [1.82, 2.24) is 0 Å². The lowest BCUT2D eigenvalue weighted by molar-refractivity contribution is -0.237. The van der Waals surface area contributed by atoms with Gasteiger partial charge in [-0.25, -0.2) is 0 Å². The molecule has 5 heteroatoms. The number of hydrogen-bond acceptors (Lipinski definition) is 4. The number of fused-ring (bicyclic) bond motifs is 7. The number of hydrogen-bond donors (Lipinski definition) is 2. The molecule has 0 radical (unpaired) electrons. The maximum atomic E-state index is 12.9. The average molecular weight is 515 g/mol. The summed E-state index contributed by atoms with van der Waals surface area (Å²) in [4.78, 5) is 24.8. The van der Waals surface area contributed by atoms with Gasteiger partial charge in [-0.1, -0.05) is 53.2 Å². The number of carbonyl (C=O) groups is 2. The first-order valence-corrected chi connectivity index (χ1v) is 14.9. The van der Waals surface area contributed by atoms with E-state index in [9.17, 15) is 19.8 Å². The fraction of sp³-hybridized carbons (Fsp3) is 0.875. The van der Waals surface area contributed by atoms with Gasteiger partial charge < -0.3 is 14.9 Å². The molecule has 0 aromatic heterocycles. The zero-order valence-electron chi connectivity index (χ0n) is 24.4. The number of rotatable bonds is 2. The number of allylic oxidation sites excluding steroid dienone is 1. The molecule has 2 N–H and O–H groups in total. The van der Waals surface area contributed by atoms with Crippen LogP contribution in [-0.4, -0.2) is 34.4 Å². The van der Waals surface area contributed by atoms with Crippen LogP contribution in [-0.2, 0) is 14.3 Å². The summed E-state index contributed by atoms with van der Waals surface area (Å²) in [5.41, 5.74) is 0.161. The van der Waals surface area contributed by atoms with Crippen molar-refractivity contribution >= 4 is 11.9 Å². The molecule has 12 atom stereocenters. The Kier molecular flexibility index (Phi) is 6.12. The second kappa shape index (κ2) is 8.32. The van der Waals surface area contributed by atoms with Crippen molar-refractivity contribution in [3.05, 3.63) is 11.6 Å². The first kappa shape index (κ1) is 27.2. The largest absolute Gasteiger partial charge is 0.481 e. The van der Waals surface area contributed by atoms with Gasteiger partial charge in [0, 0.05) is 12.8 Å². The summed E-state index contributed by atoms with van der Waals surface area (Å²) in [7, 11) is 0. The lowest BCUT2D eigenvalue weighted by Gasteiger charge is -2.72. The van der Waals surface area contributed by atoms with E-state index in [4.69, 9.17) is 4.74 Å². The van der Waals surface area contributed by atoms with E-state index in [2.05, 4.69) is 47.6 Å². The van der Waals surface area contributed by atoms with Crippen LogP contribution in [0.1, 0.15) is 107 Å². The average Bonchev–Trinajstić information content (AvgIpc) is 2.79. The topological polar surface area (TPSA) is 83.8 Å². The van der Waals surface area contributed by atoms with Crippen LogP contribution in [0.15, 0.2) is 11.6 Å². The molecule has 0 aromatic carbocycles. The van der Waals surface area contributed by atoms with Gasteiger partial charge in [0.2, 0.25) is 0 Å². The van der Waals surface area contributed by atoms with E-state index in [1.165, 1.54) is 31.8 Å². The molecule has 0 heterocycles. The molecule has 5 aliphatic rings. The summed E-state index contributed by atoms with van der Waals surface area (Å²) >= 11 is 0. The highest BCUT2D eigenvalue weighted by molar-refractivity contribution is 5.77. The number of carboxylic acid groups (broad SMARTS) is 1. The van der Waals surface area contributed by atoms with E-state index in [-0.39, 0.29) is 28.1 Å².